The van der Waals surface area contributed by atoms with Crippen LogP contribution in [-0.2, 0) is 4.79 Å². The Labute approximate surface area is 122 Å². The monoisotopic (exact) mass is 296 g/mol. The minimum absolute atomic E-state index is 0.139. The molecule has 0 saturated carbocycles. The first-order chi connectivity index (χ1) is 9.31. The number of hydrogen-bond donors (Lipinski definition) is 5. The van der Waals surface area contributed by atoms with Crippen LogP contribution in [0.15, 0.2) is 0 Å². The normalized spacial score (nSPS) is 12.3. The van der Waals surface area contributed by atoms with Gasteiger partial charge in [-0.25, -0.2) is 0 Å². The molecule has 0 amide bonds. The van der Waals surface area contributed by atoms with Crippen LogP contribution in [0.4, 0.5) is 0 Å². The first-order valence-electron chi connectivity index (χ1n) is 7.11. The molecule has 0 aromatic carbocycles. The molecule has 0 rings (SSSR count). The number of hydrogen-bond acceptors (Lipinski definition) is 5. The fourth-order valence-corrected chi connectivity index (χ4v) is 0.880. The second kappa shape index (κ2) is 20.6. The standard InChI is InChI=1S/C8H16O2.2C3H8O2/c1-2-3-4-5-6-7-8(9)10;2*1-3(5)2-4/h2-7H2,1H3,(H,9,10);2*3-5H,2H2,1H3. The molecule has 0 saturated heterocycles. The predicted octanol–water partition coefficient (Wildman–Crippen LogP) is 1.15. The molecule has 0 heterocycles. The zero-order valence-electron chi connectivity index (χ0n) is 13.0. The predicted molar refractivity (Wildman–Crippen MR) is 78.5 cm³/mol. The Kier molecular flexibility index (Phi) is 25.1. The van der Waals surface area contributed by atoms with E-state index in [0.29, 0.717) is 6.42 Å². The molecule has 2 unspecified atom stereocenters. The third-order valence-electron chi connectivity index (χ3n) is 2.02. The van der Waals surface area contributed by atoms with Crippen molar-refractivity contribution in [1.29, 1.82) is 0 Å². The lowest BCUT2D eigenvalue weighted by molar-refractivity contribution is -0.137. The Bertz CT molecular complexity index is 175. The van der Waals surface area contributed by atoms with E-state index in [1.807, 2.05) is 0 Å². The van der Waals surface area contributed by atoms with Crippen LogP contribution in [0.3, 0.4) is 0 Å². The van der Waals surface area contributed by atoms with Crippen molar-refractivity contribution in [2.75, 3.05) is 13.2 Å². The van der Waals surface area contributed by atoms with Gasteiger partial charge in [-0.1, -0.05) is 32.6 Å². The maximum Gasteiger partial charge on any atom is 0.303 e. The molecule has 20 heavy (non-hydrogen) atoms. The van der Waals surface area contributed by atoms with Gasteiger partial charge in [-0.05, 0) is 20.3 Å². The molecule has 2 atom stereocenters. The molecule has 124 valence electrons. The summed E-state index contributed by atoms with van der Waals surface area (Å²) in [6.45, 7) is 4.93. The third kappa shape index (κ3) is 43.3. The highest BCUT2D eigenvalue weighted by Gasteiger charge is 1.94. The molecule has 0 aliphatic heterocycles. The molecular weight excluding hydrogens is 264 g/mol. The summed E-state index contributed by atoms with van der Waals surface area (Å²) < 4.78 is 0. The van der Waals surface area contributed by atoms with Gasteiger partial charge in [0, 0.05) is 6.42 Å². The topological polar surface area (TPSA) is 118 Å². The number of rotatable bonds is 8. The quantitative estimate of drug-likeness (QED) is 0.429. The summed E-state index contributed by atoms with van der Waals surface area (Å²) in [6.07, 6.45) is 4.76. The Morgan fingerprint density at radius 3 is 1.50 bits per heavy atom. The first kappa shape index (κ1) is 24.3. The highest BCUT2D eigenvalue weighted by molar-refractivity contribution is 5.66. The fraction of sp³-hybridized carbons (Fsp3) is 0.929. The SMILES string of the molecule is CC(O)CO.CC(O)CO.CCCCCCCC(=O)O. The van der Waals surface area contributed by atoms with Gasteiger partial charge in [-0.3, -0.25) is 4.79 Å². The fourth-order valence-electron chi connectivity index (χ4n) is 0.880. The van der Waals surface area contributed by atoms with Crippen molar-refractivity contribution >= 4 is 5.97 Å². The molecule has 5 N–H and O–H groups in total. The van der Waals surface area contributed by atoms with E-state index in [0.717, 1.165) is 12.8 Å². The Morgan fingerprint density at radius 2 is 1.25 bits per heavy atom. The van der Waals surface area contributed by atoms with E-state index < -0.39 is 18.2 Å². The average molecular weight is 296 g/mol. The van der Waals surface area contributed by atoms with Crippen molar-refractivity contribution in [2.45, 2.75) is 71.5 Å². The summed E-state index contributed by atoms with van der Waals surface area (Å²) in [5.74, 6) is -0.670. The first-order valence-corrected chi connectivity index (χ1v) is 7.11. The van der Waals surface area contributed by atoms with Gasteiger partial charge in [0.05, 0.1) is 25.4 Å². The molecule has 0 fully saturated rings. The van der Waals surface area contributed by atoms with Crippen LogP contribution in [0.2, 0.25) is 0 Å². The number of unbranched alkanes of at least 4 members (excludes halogenated alkanes) is 4. The van der Waals surface area contributed by atoms with Crippen LogP contribution < -0.4 is 0 Å². The maximum atomic E-state index is 10.0. The summed E-state index contributed by atoms with van der Waals surface area (Å²) in [5, 5.41) is 40.3. The van der Waals surface area contributed by atoms with Gasteiger partial charge in [0.25, 0.3) is 0 Å². The lowest BCUT2D eigenvalue weighted by atomic mass is 10.1. The molecule has 0 aromatic heterocycles. The van der Waals surface area contributed by atoms with Crippen molar-refractivity contribution in [2.24, 2.45) is 0 Å². The van der Waals surface area contributed by atoms with Crippen molar-refractivity contribution in [3.05, 3.63) is 0 Å². The summed E-state index contributed by atoms with van der Waals surface area (Å²) in [6, 6.07) is 0. The molecular formula is C14H32O6. The van der Waals surface area contributed by atoms with Crippen LogP contribution in [0.5, 0.6) is 0 Å². The smallest absolute Gasteiger partial charge is 0.303 e. The van der Waals surface area contributed by atoms with Gasteiger partial charge in [-0.15, -0.1) is 0 Å². The second-order valence-electron chi connectivity index (χ2n) is 4.62. The van der Waals surface area contributed by atoms with Crippen molar-refractivity contribution in [3.8, 4) is 0 Å². The van der Waals surface area contributed by atoms with E-state index in [2.05, 4.69) is 6.92 Å². The van der Waals surface area contributed by atoms with Crippen LogP contribution in [0, 0.1) is 0 Å². The summed E-state index contributed by atoms with van der Waals surface area (Å²) in [5.41, 5.74) is 0. The van der Waals surface area contributed by atoms with Crippen LogP contribution in [-0.4, -0.2) is 56.9 Å². The highest BCUT2D eigenvalue weighted by atomic mass is 16.4. The molecule has 0 aliphatic rings. The van der Waals surface area contributed by atoms with E-state index in [4.69, 9.17) is 25.5 Å². The van der Waals surface area contributed by atoms with E-state index >= 15 is 0 Å². The summed E-state index contributed by atoms with van der Waals surface area (Å²) in [7, 11) is 0. The number of aliphatic hydroxyl groups excluding tert-OH is 4. The minimum atomic E-state index is -0.670. The Morgan fingerprint density at radius 1 is 0.900 bits per heavy atom. The van der Waals surface area contributed by atoms with Gasteiger partial charge in [0.15, 0.2) is 0 Å². The van der Waals surface area contributed by atoms with Gasteiger partial charge in [0.2, 0.25) is 0 Å². The van der Waals surface area contributed by atoms with Crippen LogP contribution in [0.25, 0.3) is 0 Å². The summed E-state index contributed by atoms with van der Waals surface area (Å²) >= 11 is 0. The van der Waals surface area contributed by atoms with Crippen molar-refractivity contribution < 1.29 is 30.3 Å². The molecule has 0 aliphatic carbocycles. The lowest BCUT2D eigenvalue weighted by Crippen LogP contribution is -2.03. The lowest BCUT2D eigenvalue weighted by Gasteiger charge is -1.95. The van der Waals surface area contributed by atoms with Crippen LogP contribution in [0.1, 0.15) is 59.3 Å². The van der Waals surface area contributed by atoms with Crippen LogP contribution >= 0.6 is 0 Å². The van der Waals surface area contributed by atoms with Gasteiger partial charge in [-0.2, -0.15) is 0 Å². The summed E-state index contributed by atoms with van der Waals surface area (Å²) in [4.78, 5) is 10.0. The van der Waals surface area contributed by atoms with E-state index in [1.54, 1.807) is 0 Å². The number of aliphatic hydroxyl groups is 4. The maximum absolute atomic E-state index is 10.0. The molecule has 0 radical (unpaired) electrons. The average Bonchev–Trinajstić information content (AvgIpc) is 2.39. The zero-order valence-corrected chi connectivity index (χ0v) is 13.0. The third-order valence-corrected chi connectivity index (χ3v) is 2.02. The number of carboxylic acid groups (broad SMARTS) is 1. The molecule has 0 aromatic rings. The highest BCUT2D eigenvalue weighted by Crippen LogP contribution is 2.04. The van der Waals surface area contributed by atoms with Gasteiger partial charge >= 0.3 is 5.97 Å². The molecule has 6 heteroatoms. The Hall–Kier alpha value is -0.690. The van der Waals surface area contributed by atoms with Crippen molar-refractivity contribution in [3.63, 3.8) is 0 Å². The molecule has 0 bridgehead atoms. The zero-order chi connectivity index (χ0) is 16.4. The van der Waals surface area contributed by atoms with Gasteiger partial charge < -0.3 is 25.5 Å². The second-order valence-corrected chi connectivity index (χ2v) is 4.62. The van der Waals surface area contributed by atoms with E-state index in [9.17, 15) is 4.79 Å². The minimum Gasteiger partial charge on any atom is -0.481 e. The number of aliphatic carboxylic acids is 1. The van der Waals surface area contributed by atoms with E-state index in [-0.39, 0.29) is 13.2 Å². The van der Waals surface area contributed by atoms with Crippen molar-refractivity contribution in [1.82, 2.24) is 0 Å². The number of carbonyl (C=O) groups is 1. The van der Waals surface area contributed by atoms with E-state index in [1.165, 1.54) is 33.1 Å². The molecule has 0 spiro atoms. The largest absolute Gasteiger partial charge is 0.481 e. The van der Waals surface area contributed by atoms with Gasteiger partial charge in [0.1, 0.15) is 0 Å². The number of carboxylic acids is 1. The molecule has 6 nitrogen and oxygen atoms in total. The Balaban J connectivity index is -0.000000244.